The van der Waals surface area contributed by atoms with Crippen molar-refractivity contribution >= 4 is 11.6 Å². The third-order valence-electron chi connectivity index (χ3n) is 5.02. The maximum Gasteiger partial charge on any atom is 0.229 e. The number of amides is 1. The number of hydrogen-bond donors (Lipinski definition) is 2. The van der Waals surface area contributed by atoms with Crippen molar-refractivity contribution in [3.63, 3.8) is 0 Å². The van der Waals surface area contributed by atoms with Crippen molar-refractivity contribution in [2.75, 3.05) is 31.6 Å². The van der Waals surface area contributed by atoms with Crippen LogP contribution in [-0.2, 0) is 16.6 Å². The number of aryl methyl sites for hydroxylation is 1. The molecule has 1 amide bonds. The average Bonchev–Trinajstić information content (AvgIpc) is 3.37. The zero-order valence-corrected chi connectivity index (χ0v) is 14.9. The quantitative estimate of drug-likeness (QED) is 0.850. The lowest BCUT2D eigenvalue weighted by molar-refractivity contribution is -0.119. The molecule has 3 atom stereocenters. The van der Waals surface area contributed by atoms with Crippen molar-refractivity contribution in [1.29, 1.82) is 0 Å². The van der Waals surface area contributed by atoms with Crippen molar-refractivity contribution in [3.05, 3.63) is 42.2 Å². The lowest BCUT2D eigenvalue weighted by Gasteiger charge is -2.17. The smallest absolute Gasteiger partial charge is 0.229 e. The van der Waals surface area contributed by atoms with Gasteiger partial charge in [-0.25, -0.2) is 0 Å². The molecule has 2 aliphatic rings. The second kappa shape index (κ2) is 7.47. The fraction of sp³-hybridized carbons (Fsp3) is 0.474. The van der Waals surface area contributed by atoms with Crippen LogP contribution in [0.3, 0.4) is 0 Å². The van der Waals surface area contributed by atoms with Crippen molar-refractivity contribution in [2.45, 2.75) is 18.4 Å². The second-order valence-corrected chi connectivity index (χ2v) is 6.94. The highest BCUT2D eigenvalue weighted by Gasteiger charge is 2.34. The van der Waals surface area contributed by atoms with E-state index in [0.717, 1.165) is 36.6 Å². The van der Waals surface area contributed by atoms with Gasteiger partial charge in [0, 0.05) is 44.4 Å². The molecule has 7 nitrogen and oxygen atoms in total. The second-order valence-electron chi connectivity index (χ2n) is 6.94. The van der Waals surface area contributed by atoms with Crippen LogP contribution in [0.2, 0.25) is 0 Å². The van der Waals surface area contributed by atoms with Gasteiger partial charge in [-0.05, 0) is 29.8 Å². The zero-order valence-electron chi connectivity index (χ0n) is 14.9. The van der Waals surface area contributed by atoms with Gasteiger partial charge in [0.15, 0.2) is 0 Å². The Labute approximate surface area is 152 Å². The Morgan fingerprint density at radius 1 is 1.35 bits per heavy atom. The predicted octanol–water partition coefficient (Wildman–Crippen LogP) is 1.53. The summed E-state index contributed by atoms with van der Waals surface area (Å²) in [5.41, 5.74) is 1.88. The average molecular weight is 356 g/mol. The van der Waals surface area contributed by atoms with Gasteiger partial charge in [0.05, 0.1) is 25.3 Å². The van der Waals surface area contributed by atoms with E-state index in [1.165, 1.54) is 0 Å². The van der Waals surface area contributed by atoms with Crippen LogP contribution in [0.4, 0.5) is 5.69 Å². The van der Waals surface area contributed by atoms with Crippen LogP contribution in [0, 0.1) is 5.92 Å². The Morgan fingerprint density at radius 3 is 2.88 bits per heavy atom. The molecule has 4 rings (SSSR count). The van der Waals surface area contributed by atoms with Crippen LogP contribution in [0.1, 0.15) is 17.9 Å². The summed E-state index contributed by atoms with van der Waals surface area (Å²) >= 11 is 0. The molecular formula is C19H24N4O3. The number of nitrogens with zero attached hydrogens (tertiary/aromatic N) is 2. The van der Waals surface area contributed by atoms with E-state index in [0.29, 0.717) is 13.2 Å². The molecule has 0 aliphatic carbocycles. The van der Waals surface area contributed by atoms with Crippen molar-refractivity contribution < 1.29 is 14.3 Å². The molecular weight excluding hydrogens is 332 g/mol. The van der Waals surface area contributed by atoms with Crippen molar-refractivity contribution in [2.24, 2.45) is 13.0 Å². The van der Waals surface area contributed by atoms with Gasteiger partial charge >= 0.3 is 0 Å². The molecule has 0 saturated carbocycles. The first-order valence-corrected chi connectivity index (χ1v) is 9.03. The van der Waals surface area contributed by atoms with E-state index in [4.69, 9.17) is 9.47 Å². The maximum atomic E-state index is 12.7. The zero-order chi connectivity index (χ0) is 17.9. The van der Waals surface area contributed by atoms with Gasteiger partial charge in [-0.3, -0.25) is 9.48 Å². The summed E-state index contributed by atoms with van der Waals surface area (Å²) in [4.78, 5) is 12.7. The number of rotatable bonds is 5. The molecule has 2 saturated heterocycles. The van der Waals surface area contributed by atoms with E-state index in [-0.39, 0.29) is 23.8 Å². The van der Waals surface area contributed by atoms with E-state index < -0.39 is 0 Å². The topological polar surface area (TPSA) is 77.4 Å². The molecule has 7 heteroatoms. The Morgan fingerprint density at radius 2 is 2.19 bits per heavy atom. The Bertz CT molecular complexity index is 752. The predicted molar refractivity (Wildman–Crippen MR) is 97.2 cm³/mol. The summed E-state index contributed by atoms with van der Waals surface area (Å²) in [5, 5.41) is 10.6. The van der Waals surface area contributed by atoms with Gasteiger partial charge in [0.1, 0.15) is 11.9 Å². The normalized spacial score (nSPS) is 25.3. The van der Waals surface area contributed by atoms with Gasteiger partial charge in [0.2, 0.25) is 5.91 Å². The number of hydrogen-bond acceptors (Lipinski definition) is 5. The fourth-order valence-corrected chi connectivity index (χ4v) is 3.59. The molecule has 0 spiro atoms. The first kappa shape index (κ1) is 17.1. The van der Waals surface area contributed by atoms with Crippen molar-refractivity contribution in [1.82, 2.24) is 15.1 Å². The standard InChI is InChI=1S/C19H24N4O3/c1-23-11-13(8-21-23)17-9-20-10-18(17)19(24)22-14-2-4-15(5-3-14)26-16-6-7-25-12-16/h2-5,8,11,16-18,20H,6-7,9-10,12H2,1H3,(H,22,24)/t16?,17-,18+/m1/s1. The fourth-order valence-electron chi connectivity index (χ4n) is 3.59. The number of carbonyl (C=O) groups is 1. The third-order valence-corrected chi connectivity index (χ3v) is 5.02. The summed E-state index contributed by atoms with van der Waals surface area (Å²) in [6.07, 6.45) is 4.87. The largest absolute Gasteiger partial charge is 0.488 e. The number of benzene rings is 1. The van der Waals surface area contributed by atoms with Crippen LogP contribution >= 0.6 is 0 Å². The van der Waals surface area contributed by atoms with Crippen LogP contribution in [0.15, 0.2) is 36.7 Å². The highest BCUT2D eigenvalue weighted by atomic mass is 16.5. The van der Waals surface area contributed by atoms with Crippen LogP contribution in [0.5, 0.6) is 5.75 Å². The molecule has 1 unspecified atom stereocenters. The molecule has 2 N–H and O–H groups in total. The minimum atomic E-state index is -0.106. The maximum absolute atomic E-state index is 12.7. The first-order valence-electron chi connectivity index (χ1n) is 9.03. The molecule has 0 radical (unpaired) electrons. The Kier molecular flexibility index (Phi) is 4.90. The summed E-state index contributed by atoms with van der Waals surface area (Å²) in [6, 6.07) is 7.54. The van der Waals surface area contributed by atoms with Gasteiger partial charge in [-0.1, -0.05) is 0 Å². The van der Waals surface area contributed by atoms with E-state index >= 15 is 0 Å². The Balaban J connectivity index is 1.37. The third kappa shape index (κ3) is 3.73. The highest BCUT2D eigenvalue weighted by molar-refractivity contribution is 5.93. The summed E-state index contributed by atoms with van der Waals surface area (Å²) in [6.45, 7) is 2.86. The number of anilines is 1. The molecule has 26 heavy (non-hydrogen) atoms. The van der Waals surface area contributed by atoms with E-state index in [1.807, 2.05) is 43.7 Å². The summed E-state index contributed by atoms with van der Waals surface area (Å²) in [7, 11) is 1.89. The van der Waals surface area contributed by atoms with Gasteiger partial charge < -0.3 is 20.1 Å². The molecule has 1 aromatic heterocycles. The SMILES string of the molecule is Cn1cc([C@H]2CNC[C@@H]2C(=O)Nc2ccc(OC3CCOC3)cc2)cn1. The molecule has 1 aromatic carbocycles. The molecule has 2 aliphatic heterocycles. The summed E-state index contributed by atoms with van der Waals surface area (Å²) in [5.74, 6) is 0.871. The number of carbonyl (C=O) groups excluding carboxylic acids is 1. The molecule has 0 bridgehead atoms. The number of aromatic nitrogens is 2. The van der Waals surface area contributed by atoms with E-state index in [9.17, 15) is 4.79 Å². The first-order chi connectivity index (χ1) is 12.7. The summed E-state index contributed by atoms with van der Waals surface area (Å²) < 4.78 is 12.9. The lowest BCUT2D eigenvalue weighted by Crippen LogP contribution is -2.28. The molecule has 3 heterocycles. The van der Waals surface area contributed by atoms with Crippen LogP contribution < -0.4 is 15.4 Å². The highest BCUT2D eigenvalue weighted by Crippen LogP contribution is 2.29. The molecule has 2 aromatic rings. The van der Waals surface area contributed by atoms with Crippen molar-refractivity contribution in [3.8, 4) is 5.75 Å². The minimum Gasteiger partial charge on any atom is -0.488 e. The number of nitrogens with one attached hydrogen (secondary N) is 2. The van der Waals surface area contributed by atoms with Crippen LogP contribution in [0.25, 0.3) is 0 Å². The van der Waals surface area contributed by atoms with E-state index in [1.54, 1.807) is 4.68 Å². The van der Waals surface area contributed by atoms with Gasteiger partial charge in [-0.2, -0.15) is 5.10 Å². The van der Waals surface area contributed by atoms with Gasteiger partial charge in [0.25, 0.3) is 0 Å². The van der Waals surface area contributed by atoms with Gasteiger partial charge in [-0.15, -0.1) is 0 Å². The Hall–Kier alpha value is -2.38. The molecule has 2 fully saturated rings. The lowest BCUT2D eigenvalue weighted by atomic mass is 9.90. The molecule has 138 valence electrons. The number of ether oxygens (including phenoxy) is 2. The monoisotopic (exact) mass is 356 g/mol. The van der Waals surface area contributed by atoms with E-state index in [2.05, 4.69) is 15.7 Å². The van der Waals surface area contributed by atoms with Crippen LogP contribution in [-0.4, -0.2) is 48.1 Å². The minimum absolute atomic E-state index is 0.0294.